The van der Waals surface area contributed by atoms with Crippen molar-refractivity contribution >= 4 is 27.9 Å². The molecule has 0 aliphatic carbocycles. The van der Waals surface area contributed by atoms with Gasteiger partial charge in [0, 0.05) is 12.3 Å². The van der Waals surface area contributed by atoms with Gasteiger partial charge in [0.25, 0.3) is 0 Å². The molecule has 0 bridgehead atoms. The van der Waals surface area contributed by atoms with Gasteiger partial charge in [-0.2, -0.15) is 0 Å². The molecule has 3 rings (SSSR count). The highest BCUT2D eigenvalue weighted by molar-refractivity contribution is 6.01. The molecule has 0 saturated carbocycles. The fourth-order valence-corrected chi connectivity index (χ4v) is 3.15. The van der Waals surface area contributed by atoms with Crippen LogP contribution in [0.3, 0.4) is 0 Å². The molecule has 1 atom stereocenters. The van der Waals surface area contributed by atoms with Crippen molar-refractivity contribution in [3.05, 3.63) is 36.3 Å². The number of fused-ring (bicyclic) bond motifs is 3. The lowest BCUT2D eigenvalue weighted by atomic mass is 9.93. The molecule has 2 aromatic heterocycles. The number of nitrogens with zero attached hydrogens (tertiary/aromatic N) is 2. The minimum Gasteiger partial charge on any atom is -0.451 e. The average Bonchev–Trinajstić information content (AvgIpc) is 2.90. The van der Waals surface area contributed by atoms with Crippen LogP contribution in [0.25, 0.3) is 21.9 Å². The third kappa shape index (κ3) is 2.91. The van der Waals surface area contributed by atoms with Crippen LogP contribution in [-0.4, -0.2) is 20.9 Å². The topological polar surface area (TPSA) is 67.9 Å². The van der Waals surface area contributed by atoms with E-state index >= 15 is 0 Å². The van der Waals surface area contributed by atoms with Gasteiger partial charge >= 0.3 is 5.97 Å². The largest absolute Gasteiger partial charge is 0.451 e. The van der Waals surface area contributed by atoms with Gasteiger partial charge in [0.15, 0.2) is 11.4 Å². The fraction of sp³-hybridized carbons (Fsp3) is 0.389. The molecule has 3 aromatic rings. The van der Waals surface area contributed by atoms with Gasteiger partial charge in [0.05, 0.1) is 17.2 Å². The molecule has 2 heterocycles. The third-order valence-corrected chi connectivity index (χ3v) is 3.90. The van der Waals surface area contributed by atoms with Crippen LogP contribution < -0.4 is 0 Å². The fourth-order valence-electron chi connectivity index (χ4n) is 3.15. The smallest absolute Gasteiger partial charge is 0.303 e. The summed E-state index contributed by atoms with van der Waals surface area (Å²) in [5.41, 5.74) is 1.84. The minimum atomic E-state index is -0.778. The summed E-state index contributed by atoms with van der Waals surface area (Å²) < 4.78 is 5.62. The average molecular weight is 311 g/mol. The van der Waals surface area contributed by atoms with E-state index in [1.54, 1.807) is 6.20 Å². The van der Waals surface area contributed by atoms with E-state index in [1.165, 1.54) is 6.92 Å². The Bertz CT molecular complexity index is 869. The van der Waals surface area contributed by atoms with Crippen LogP contribution in [0.1, 0.15) is 39.9 Å². The van der Waals surface area contributed by atoms with Crippen LogP contribution in [0.2, 0.25) is 0 Å². The number of aromatic amines is 1. The van der Waals surface area contributed by atoms with E-state index in [9.17, 15) is 4.79 Å². The Balaban J connectivity index is 2.17. The molecule has 0 saturated heterocycles. The molecule has 1 N–H and O–H groups in total. The van der Waals surface area contributed by atoms with E-state index < -0.39 is 5.60 Å². The SMILES string of the molecule is CC(=O)OC(C)(CC(C)C)c1nc2cnc3ccccc3c2[nH]1. The van der Waals surface area contributed by atoms with Crippen molar-refractivity contribution in [2.24, 2.45) is 5.92 Å². The zero-order valence-corrected chi connectivity index (χ0v) is 13.9. The van der Waals surface area contributed by atoms with E-state index in [2.05, 4.69) is 28.8 Å². The first-order valence-electron chi connectivity index (χ1n) is 7.82. The number of para-hydroxylation sites is 1. The van der Waals surface area contributed by atoms with Crippen LogP contribution in [0.15, 0.2) is 30.5 Å². The number of hydrogen-bond donors (Lipinski definition) is 1. The number of carbonyl (C=O) groups excluding carboxylic acids is 1. The number of imidazole rings is 1. The van der Waals surface area contributed by atoms with Crippen LogP contribution in [0, 0.1) is 5.92 Å². The van der Waals surface area contributed by atoms with E-state index in [4.69, 9.17) is 4.74 Å². The standard InChI is InChI=1S/C18H21N3O2/c1-11(2)9-18(4,23-12(3)22)17-20-15-10-19-14-8-6-5-7-13(14)16(15)21-17/h5-8,10-11H,9H2,1-4H3,(H,20,21). The van der Waals surface area contributed by atoms with E-state index in [0.29, 0.717) is 18.2 Å². The Kier molecular flexibility index (Phi) is 3.80. The van der Waals surface area contributed by atoms with Gasteiger partial charge < -0.3 is 9.72 Å². The van der Waals surface area contributed by atoms with Crippen molar-refractivity contribution in [2.75, 3.05) is 0 Å². The number of rotatable bonds is 4. The first kappa shape index (κ1) is 15.5. The van der Waals surface area contributed by atoms with Gasteiger partial charge in [-0.05, 0) is 25.3 Å². The molecule has 1 unspecified atom stereocenters. The number of ether oxygens (including phenoxy) is 1. The predicted octanol–water partition coefficient (Wildman–Crippen LogP) is 3.94. The Labute approximate surface area is 135 Å². The van der Waals surface area contributed by atoms with Crippen molar-refractivity contribution in [3.63, 3.8) is 0 Å². The van der Waals surface area contributed by atoms with Crippen LogP contribution in [-0.2, 0) is 15.1 Å². The lowest BCUT2D eigenvalue weighted by Gasteiger charge is -2.28. The summed E-state index contributed by atoms with van der Waals surface area (Å²) >= 11 is 0. The van der Waals surface area contributed by atoms with Crippen molar-refractivity contribution < 1.29 is 9.53 Å². The van der Waals surface area contributed by atoms with E-state index in [-0.39, 0.29) is 5.97 Å². The summed E-state index contributed by atoms with van der Waals surface area (Å²) in [4.78, 5) is 24.0. The van der Waals surface area contributed by atoms with Gasteiger partial charge in [-0.15, -0.1) is 0 Å². The maximum atomic E-state index is 11.6. The van der Waals surface area contributed by atoms with Crippen LogP contribution in [0.4, 0.5) is 0 Å². The molecule has 0 aliphatic heterocycles. The first-order chi connectivity index (χ1) is 10.9. The summed E-state index contributed by atoms with van der Waals surface area (Å²) in [6.07, 6.45) is 2.44. The summed E-state index contributed by atoms with van der Waals surface area (Å²) in [6.45, 7) is 7.53. The van der Waals surface area contributed by atoms with Crippen molar-refractivity contribution in [1.29, 1.82) is 0 Å². The van der Waals surface area contributed by atoms with Gasteiger partial charge in [0.2, 0.25) is 0 Å². The number of esters is 1. The molecule has 0 spiro atoms. The van der Waals surface area contributed by atoms with Gasteiger partial charge in [-0.3, -0.25) is 9.78 Å². The predicted molar refractivity (Wildman–Crippen MR) is 90.0 cm³/mol. The Morgan fingerprint density at radius 2 is 2.04 bits per heavy atom. The van der Waals surface area contributed by atoms with Crippen LogP contribution in [0.5, 0.6) is 0 Å². The Hall–Kier alpha value is -2.43. The summed E-state index contributed by atoms with van der Waals surface area (Å²) in [6, 6.07) is 7.91. The summed E-state index contributed by atoms with van der Waals surface area (Å²) in [5, 5.41) is 1.01. The Morgan fingerprint density at radius 3 is 2.74 bits per heavy atom. The highest BCUT2D eigenvalue weighted by Gasteiger charge is 2.34. The molecule has 23 heavy (non-hydrogen) atoms. The number of aromatic nitrogens is 3. The molecule has 0 amide bonds. The second kappa shape index (κ2) is 5.65. The molecule has 1 aromatic carbocycles. The number of H-pyrrole nitrogens is 1. The van der Waals surface area contributed by atoms with Crippen molar-refractivity contribution in [2.45, 2.75) is 39.7 Å². The van der Waals surface area contributed by atoms with Gasteiger partial charge in [-0.1, -0.05) is 32.0 Å². The second-order valence-electron chi connectivity index (χ2n) is 6.54. The molecule has 0 aliphatic rings. The highest BCUT2D eigenvalue weighted by atomic mass is 16.6. The molecule has 120 valence electrons. The normalized spacial score (nSPS) is 14.3. The lowest BCUT2D eigenvalue weighted by Crippen LogP contribution is -2.31. The molecule has 0 fully saturated rings. The quantitative estimate of drug-likeness (QED) is 0.741. The van der Waals surface area contributed by atoms with Gasteiger partial charge in [-0.25, -0.2) is 4.98 Å². The zero-order valence-electron chi connectivity index (χ0n) is 13.9. The Morgan fingerprint density at radius 1 is 1.30 bits per heavy atom. The van der Waals surface area contributed by atoms with Crippen LogP contribution >= 0.6 is 0 Å². The zero-order chi connectivity index (χ0) is 16.6. The first-order valence-corrected chi connectivity index (χ1v) is 7.82. The monoisotopic (exact) mass is 311 g/mol. The highest BCUT2D eigenvalue weighted by Crippen LogP contribution is 2.33. The van der Waals surface area contributed by atoms with Gasteiger partial charge in [0.1, 0.15) is 5.52 Å². The number of nitrogens with one attached hydrogen (secondary N) is 1. The summed E-state index contributed by atoms with van der Waals surface area (Å²) in [5.74, 6) is 0.716. The maximum absolute atomic E-state index is 11.6. The lowest BCUT2D eigenvalue weighted by molar-refractivity contribution is -0.159. The second-order valence-corrected chi connectivity index (χ2v) is 6.54. The molecular formula is C18H21N3O2. The number of pyridine rings is 1. The number of carbonyl (C=O) groups is 1. The van der Waals surface area contributed by atoms with E-state index in [1.807, 2.05) is 31.2 Å². The maximum Gasteiger partial charge on any atom is 0.303 e. The third-order valence-electron chi connectivity index (χ3n) is 3.90. The number of hydrogen-bond acceptors (Lipinski definition) is 4. The molecule has 0 radical (unpaired) electrons. The van der Waals surface area contributed by atoms with E-state index in [0.717, 1.165) is 21.9 Å². The minimum absolute atomic E-state index is 0.309. The van der Waals surface area contributed by atoms with Crippen molar-refractivity contribution in [3.8, 4) is 0 Å². The molecular weight excluding hydrogens is 290 g/mol. The summed E-state index contributed by atoms with van der Waals surface area (Å²) in [7, 11) is 0. The van der Waals surface area contributed by atoms with Crippen molar-refractivity contribution in [1.82, 2.24) is 15.0 Å². The molecule has 5 nitrogen and oxygen atoms in total. The number of benzene rings is 1. The molecule has 5 heteroatoms.